The van der Waals surface area contributed by atoms with Gasteiger partial charge in [0.2, 0.25) is 0 Å². The summed E-state index contributed by atoms with van der Waals surface area (Å²) >= 11 is 1.40. The third kappa shape index (κ3) is 3.32. The first-order chi connectivity index (χ1) is 9.49. The second-order valence-electron chi connectivity index (χ2n) is 4.90. The molecule has 20 heavy (non-hydrogen) atoms. The summed E-state index contributed by atoms with van der Waals surface area (Å²) in [5.41, 5.74) is 0. The predicted octanol–water partition coefficient (Wildman–Crippen LogP) is 1.70. The molecule has 2 rings (SSSR count). The molecule has 3 N–H and O–H groups in total. The van der Waals surface area contributed by atoms with E-state index in [-0.39, 0.29) is 18.1 Å². The van der Waals surface area contributed by atoms with Crippen LogP contribution in [0.1, 0.15) is 12.8 Å². The van der Waals surface area contributed by atoms with Gasteiger partial charge >= 0.3 is 11.9 Å². The Morgan fingerprint density at radius 1 is 1.00 bits per heavy atom. The number of hydrogen-bond acceptors (Lipinski definition) is 4. The highest BCUT2D eigenvalue weighted by atomic mass is 32.2. The monoisotopic (exact) mass is 296 g/mol. The van der Waals surface area contributed by atoms with Crippen molar-refractivity contribution < 1.29 is 24.9 Å². The fourth-order valence-electron chi connectivity index (χ4n) is 2.49. The van der Waals surface area contributed by atoms with Gasteiger partial charge in [-0.2, -0.15) is 0 Å². The smallest absolute Gasteiger partial charge is 0.307 e. The van der Waals surface area contributed by atoms with Crippen molar-refractivity contribution in [2.75, 3.05) is 0 Å². The van der Waals surface area contributed by atoms with Gasteiger partial charge in [0, 0.05) is 10.1 Å². The highest BCUT2D eigenvalue weighted by molar-refractivity contribution is 8.00. The van der Waals surface area contributed by atoms with Gasteiger partial charge < -0.3 is 15.3 Å². The first-order valence-corrected chi connectivity index (χ1v) is 7.22. The highest BCUT2D eigenvalue weighted by Gasteiger charge is 2.43. The molecule has 0 spiro atoms. The molecule has 0 amide bonds. The molecule has 0 radical (unpaired) electrons. The number of aliphatic hydroxyl groups excluding tert-OH is 1. The molecule has 0 saturated heterocycles. The summed E-state index contributed by atoms with van der Waals surface area (Å²) in [5, 5.41) is 28.0. The second kappa shape index (κ2) is 6.28. The van der Waals surface area contributed by atoms with Crippen molar-refractivity contribution in [3.63, 3.8) is 0 Å². The van der Waals surface area contributed by atoms with Gasteiger partial charge in [-0.1, -0.05) is 18.2 Å². The van der Waals surface area contributed by atoms with Crippen LogP contribution in [0.2, 0.25) is 0 Å². The van der Waals surface area contributed by atoms with Crippen LogP contribution in [0.3, 0.4) is 0 Å². The molecule has 6 heteroatoms. The van der Waals surface area contributed by atoms with Gasteiger partial charge in [0.1, 0.15) is 0 Å². The van der Waals surface area contributed by atoms with E-state index >= 15 is 0 Å². The molecule has 1 aliphatic rings. The quantitative estimate of drug-likeness (QED) is 0.783. The number of aliphatic hydroxyl groups is 1. The van der Waals surface area contributed by atoms with Gasteiger partial charge in [-0.15, -0.1) is 11.8 Å². The van der Waals surface area contributed by atoms with Crippen molar-refractivity contribution in [2.45, 2.75) is 29.1 Å². The molecule has 0 heterocycles. The maximum Gasteiger partial charge on any atom is 0.307 e. The maximum atomic E-state index is 11.2. The molecule has 0 unspecified atom stereocenters. The number of hydrogen-bond donors (Lipinski definition) is 3. The van der Waals surface area contributed by atoms with Crippen molar-refractivity contribution >= 4 is 23.7 Å². The number of carbonyl (C=O) groups is 2. The molecule has 4 atom stereocenters. The fourth-order valence-corrected chi connectivity index (χ4v) is 3.73. The van der Waals surface area contributed by atoms with Crippen LogP contribution in [0.15, 0.2) is 35.2 Å². The molecule has 1 fully saturated rings. The Morgan fingerprint density at radius 3 is 2.10 bits per heavy atom. The van der Waals surface area contributed by atoms with Crippen LogP contribution >= 0.6 is 11.8 Å². The first kappa shape index (κ1) is 14.9. The van der Waals surface area contributed by atoms with E-state index in [2.05, 4.69) is 0 Å². The van der Waals surface area contributed by atoms with Gasteiger partial charge in [0.05, 0.1) is 17.9 Å². The molecule has 1 aliphatic carbocycles. The van der Waals surface area contributed by atoms with Crippen LogP contribution < -0.4 is 0 Å². The lowest BCUT2D eigenvalue weighted by Crippen LogP contribution is -2.43. The lowest BCUT2D eigenvalue weighted by atomic mass is 9.77. The van der Waals surface area contributed by atoms with Crippen LogP contribution in [-0.2, 0) is 9.59 Å². The van der Waals surface area contributed by atoms with Crippen molar-refractivity contribution in [3.8, 4) is 0 Å². The Hall–Kier alpha value is -1.53. The zero-order chi connectivity index (χ0) is 14.7. The Morgan fingerprint density at radius 2 is 1.55 bits per heavy atom. The van der Waals surface area contributed by atoms with Crippen LogP contribution in [-0.4, -0.2) is 38.6 Å². The van der Waals surface area contributed by atoms with E-state index in [9.17, 15) is 19.8 Å². The Kier molecular flexibility index (Phi) is 4.67. The summed E-state index contributed by atoms with van der Waals surface area (Å²) in [6.45, 7) is 0. The second-order valence-corrected chi connectivity index (χ2v) is 6.21. The maximum absolute atomic E-state index is 11.2. The normalized spacial score (nSPS) is 29.9. The van der Waals surface area contributed by atoms with Crippen molar-refractivity contribution in [1.82, 2.24) is 0 Å². The van der Waals surface area contributed by atoms with Crippen LogP contribution in [0, 0.1) is 11.8 Å². The van der Waals surface area contributed by atoms with E-state index in [1.165, 1.54) is 11.8 Å². The third-order valence-corrected chi connectivity index (χ3v) is 4.92. The molecule has 5 nitrogen and oxygen atoms in total. The molecule has 1 aromatic carbocycles. The number of aliphatic carboxylic acids is 2. The lowest BCUT2D eigenvalue weighted by molar-refractivity contribution is -0.157. The number of carboxylic acids is 2. The van der Waals surface area contributed by atoms with Gasteiger partial charge in [-0.3, -0.25) is 9.59 Å². The average molecular weight is 296 g/mol. The van der Waals surface area contributed by atoms with Crippen molar-refractivity contribution in [1.29, 1.82) is 0 Å². The van der Waals surface area contributed by atoms with E-state index in [1.54, 1.807) is 0 Å². The number of rotatable bonds is 4. The molecule has 1 aromatic rings. The van der Waals surface area contributed by atoms with E-state index in [1.807, 2.05) is 30.3 Å². The van der Waals surface area contributed by atoms with Crippen LogP contribution in [0.5, 0.6) is 0 Å². The number of benzene rings is 1. The Bertz CT molecular complexity index is 490. The summed E-state index contributed by atoms with van der Waals surface area (Å²) in [6, 6.07) is 9.38. The van der Waals surface area contributed by atoms with Gasteiger partial charge in [0.25, 0.3) is 0 Å². The molecule has 1 saturated carbocycles. The van der Waals surface area contributed by atoms with Crippen molar-refractivity contribution in [3.05, 3.63) is 30.3 Å². The first-order valence-electron chi connectivity index (χ1n) is 6.34. The van der Waals surface area contributed by atoms with E-state index in [0.29, 0.717) is 0 Å². The topological polar surface area (TPSA) is 94.8 Å². The summed E-state index contributed by atoms with van der Waals surface area (Å²) in [7, 11) is 0. The minimum atomic E-state index is -1.15. The van der Waals surface area contributed by atoms with Crippen molar-refractivity contribution in [2.24, 2.45) is 11.8 Å². The van der Waals surface area contributed by atoms with E-state index in [4.69, 9.17) is 5.11 Å². The summed E-state index contributed by atoms with van der Waals surface area (Å²) < 4.78 is 0. The molecule has 0 aromatic heterocycles. The molecule has 0 aliphatic heterocycles. The Labute approximate surface area is 120 Å². The standard InChI is InChI=1S/C14H16O5S/c15-11-6-9(13(16)17)10(14(18)19)7-12(11)20-8-4-2-1-3-5-8/h1-5,9-12,15H,6-7H2,(H,16,17)(H,18,19)/t9-,10+,11+,12+/m1/s1. The zero-order valence-electron chi connectivity index (χ0n) is 10.7. The lowest BCUT2D eigenvalue weighted by Gasteiger charge is -2.35. The molecular weight excluding hydrogens is 280 g/mol. The minimum Gasteiger partial charge on any atom is -0.481 e. The van der Waals surface area contributed by atoms with E-state index in [0.717, 1.165) is 4.90 Å². The van der Waals surface area contributed by atoms with Crippen LogP contribution in [0.4, 0.5) is 0 Å². The average Bonchev–Trinajstić information content (AvgIpc) is 2.41. The summed E-state index contributed by atoms with van der Waals surface area (Å²) in [5.74, 6) is -4.23. The SMILES string of the molecule is O=C(O)[C@H]1C[C@H](Sc2ccccc2)[C@@H](O)C[C@H]1C(=O)O. The van der Waals surface area contributed by atoms with E-state index < -0.39 is 29.9 Å². The predicted molar refractivity (Wildman–Crippen MR) is 73.6 cm³/mol. The van der Waals surface area contributed by atoms with Crippen LogP contribution in [0.25, 0.3) is 0 Å². The molecular formula is C14H16O5S. The number of thioether (sulfide) groups is 1. The number of carboxylic acid groups (broad SMARTS) is 2. The molecule has 108 valence electrons. The molecule has 0 bridgehead atoms. The Balaban J connectivity index is 2.12. The largest absolute Gasteiger partial charge is 0.481 e. The zero-order valence-corrected chi connectivity index (χ0v) is 11.5. The minimum absolute atomic E-state index is 0.0171. The highest BCUT2D eigenvalue weighted by Crippen LogP contribution is 2.39. The third-order valence-electron chi connectivity index (χ3n) is 3.56. The van der Waals surface area contributed by atoms with Gasteiger partial charge in [-0.05, 0) is 25.0 Å². The summed E-state index contributed by atoms with van der Waals surface area (Å²) in [4.78, 5) is 23.3. The summed E-state index contributed by atoms with van der Waals surface area (Å²) in [6.07, 6.45) is -0.666. The fraction of sp³-hybridized carbons (Fsp3) is 0.429. The van der Waals surface area contributed by atoms with Gasteiger partial charge in [-0.25, -0.2) is 0 Å². The van der Waals surface area contributed by atoms with Gasteiger partial charge in [0.15, 0.2) is 0 Å².